The van der Waals surface area contributed by atoms with Crippen molar-refractivity contribution in [3.05, 3.63) is 41.7 Å². The quantitative estimate of drug-likeness (QED) is 0.400. The molecule has 5 rings (SSSR count). The molecule has 7 unspecified atom stereocenters. The Morgan fingerprint density at radius 2 is 1.95 bits per heavy atom. The highest BCUT2D eigenvalue weighted by molar-refractivity contribution is 5.96. The first-order valence-electron chi connectivity index (χ1n) is 13.7. The first-order chi connectivity index (χ1) is 18.1. The molecule has 4 aliphatic carbocycles. The molecule has 0 aromatic carbocycles. The highest BCUT2D eigenvalue weighted by Crippen LogP contribution is 2.67. The summed E-state index contributed by atoms with van der Waals surface area (Å²) in [5.41, 5.74) is 0.487. The van der Waals surface area contributed by atoms with E-state index in [0.29, 0.717) is 25.8 Å². The van der Waals surface area contributed by atoms with Crippen LogP contribution in [0.5, 0.6) is 0 Å². The van der Waals surface area contributed by atoms with Gasteiger partial charge in [0.15, 0.2) is 12.4 Å². The van der Waals surface area contributed by atoms with Crippen LogP contribution in [-0.4, -0.2) is 62.6 Å². The molecule has 0 radical (unpaired) electrons. The number of allylic oxidation sites excluding steroid dienone is 2. The molecule has 38 heavy (non-hydrogen) atoms. The number of amides is 1. The summed E-state index contributed by atoms with van der Waals surface area (Å²) in [6, 6.07) is 3.68. The van der Waals surface area contributed by atoms with E-state index in [2.05, 4.69) is 28.5 Å². The molecular weight excluding hydrogens is 486 g/mol. The van der Waals surface area contributed by atoms with Crippen molar-refractivity contribution in [1.29, 1.82) is 0 Å². The van der Waals surface area contributed by atoms with Gasteiger partial charge in [-0.25, -0.2) is 0 Å². The van der Waals surface area contributed by atoms with Crippen LogP contribution < -0.4 is 5.32 Å². The molecule has 1 aromatic heterocycles. The minimum atomic E-state index is -1.58. The number of ketones is 1. The number of aromatic nitrogens is 1. The highest BCUT2D eigenvalue weighted by Gasteiger charge is 2.68. The van der Waals surface area contributed by atoms with Gasteiger partial charge in [-0.05, 0) is 91.9 Å². The minimum absolute atomic E-state index is 0.0357. The third kappa shape index (κ3) is 4.38. The van der Waals surface area contributed by atoms with Crippen molar-refractivity contribution in [1.82, 2.24) is 10.3 Å². The van der Waals surface area contributed by atoms with Crippen molar-refractivity contribution in [3.8, 4) is 0 Å². The normalized spacial score (nSPS) is 39.0. The Morgan fingerprint density at radius 1 is 1.18 bits per heavy atom. The number of carbonyl (C=O) groups excluding carboxylic acids is 2. The first kappa shape index (κ1) is 27.0. The van der Waals surface area contributed by atoms with Crippen LogP contribution in [0, 0.1) is 28.6 Å². The standard InChI is InChI=1S/C29H39N3O6/c1-27-9-5-20(32-38-17-25(36)31-15-18-7-11-30-12-8-18)13-19(27)3-4-21-22-6-10-29(37,24(35)16-33)28(22,2)14-23(34)26(21)27/h7-8,11-13,21-23,26,33-34,37H,3-6,9-10,14-17H2,1-2H3,(H,31,36). The molecule has 9 nitrogen and oxygen atoms in total. The zero-order chi connectivity index (χ0) is 27.1. The lowest BCUT2D eigenvalue weighted by molar-refractivity contribution is -0.181. The number of Topliss-reactive ketones (excluding diaryl/α,β-unsaturated/α-hetero) is 1. The lowest BCUT2D eigenvalue weighted by Gasteiger charge is -2.60. The number of aliphatic hydroxyl groups excluding tert-OH is 2. The number of carbonyl (C=O) groups is 2. The maximum absolute atomic E-state index is 12.6. The van der Waals surface area contributed by atoms with Crippen LogP contribution in [0.4, 0.5) is 0 Å². The van der Waals surface area contributed by atoms with Crippen molar-refractivity contribution in [2.24, 2.45) is 33.7 Å². The molecule has 4 aliphatic rings. The summed E-state index contributed by atoms with van der Waals surface area (Å²) in [5.74, 6) is -0.414. The van der Waals surface area contributed by atoms with E-state index in [4.69, 9.17) is 4.84 Å². The summed E-state index contributed by atoms with van der Waals surface area (Å²) in [6.07, 6.45) is 9.44. The Bertz CT molecular complexity index is 1140. The average molecular weight is 526 g/mol. The van der Waals surface area contributed by atoms with Gasteiger partial charge in [-0.3, -0.25) is 14.6 Å². The van der Waals surface area contributed by atoms with E-state index in [0.717, 1.165) is 37.0 Å². The van der Waals surface area contributed by atoms with Gasteiger partial charge in [-0.15, -0.1) is 0 Å². The van der Waals surface area contributed by atoms with E-state index < -0.39 is 29.5 Å². The molecule has 0 spiro atoms. The molecule has 1 amide bonds. The third-order valence-electron chi connectivity index (χ3n) is 10.3. The fourth-order valence-corrected chi connectivity index (χ4v) is 8.29. The molecule has 206 valence electrons. The van der Waals surface area contributed by atoms with E-state index in [1.54, 1.807) is 12.4 Å². The van der Waals surface area contributed by atoms with E-state index in [-0.39, 0.29) is 35.7 Å². The number of nitrogens with one attached hydrogen (secondary N) is 1. The van der Waals surface area contributed by atoms with Crippen LogP contribution in [0.1, 0.15) is 64.4 Å². The third-order valence-corrected chi connectivity index (χ3v) is 10.3. The Morgan fingerprint density at radius 3 is 2.68 bits per heavy atom. The average Bonchev–Trinajstić information content (AvgIpc) is 3.18. The predicted octanol–water partition coefficient (Wildman–Crippen LogP) is 2.30. The summed E-state index contributed by atoms with van der Waals surface area (Å²) in [6.45, 7) is 3.73. The largest absolute Gasteiger partial charge is 0.393 e. The lowest BCUT2D eigenvalue weighted by atomic mass is 9.45. The van der Waals surface area contributed by atoms with Gasteiger partial charge in [0.25, 0.3) is 5.91 Å². The maximum Gasteiger partial charge on any atom is 0.261 e. The van der Waals surface area contributed by atoms with E-state index in [1.807, 2.05) is 19.1 Å². The molecule has 7 atom stereocenters. The zero-order valence-electron chi connectivity index (χ0n) is 22.2. The van der Waals surface area contributed by atoms with Gasteiger partial charge >= 0.3 is 0 Å². The predicted molar refractivity (Wildman–Crippen MR) is 140 cm³/mol. The van der Waals surface area contributed by atoms with Gasteiger partial charge in [0.05, 0.1) is 11.8 Å². The van der Waals surface area contributed by atoms with Crippen LogP contribution in [0.3, 0.4) is 0 Å². The number of hydrogen-bond acceptors (Lipinski definition) is 8. The summed E-state index contributed by atoms with van der Waals surface area (Å²) >= 11 is 0. The number of oxime groups is 1. The minimum Gasteiger partial charge on any atom is -0.393 e. The van der Waals surface area contributed by atoms with Crippen molar-refractivity contribution < 1.29 is 29.7 Å². The van der Waals surface area contributed by atoms with Crippen molar-refractivity contribution in [2.75, 3.05) is 13.2 Å². The van der Waals surface area contributed by atoms with E-state index >= 15 is 0 Å². The summed E-state index contributed by atoms with van der Waals surface area (Å²) < 4.78 is 0. The molecule has 1 aromatic rings. The van der Waals surface area contributed by atoms with Gasteiger partial charge in [0, 0.05) is 24.4 Å². The number of rotatable bonds is 7. The van der Waals surface area contributed by atoms with Crippen LogP contribution in [0.15, 0.2) is 41.3 Å². The number of pyridine rings is 1. The molecule has 0 saturated heterocycles. The van der Waals surface area contributed by atoms with Crippen LogP contribution in [-0.2, 0) is 21.0 Å². The van der Waals surface area contributed by atoms with Crippen LogP contribution in [0.2, 0.25) is 0 Å². The van der Waals surface area contributed by atoms with Crippen molar-refractivity contribution in [3.63, 3.8) is 0 Å². The Hall–Kier alpha value is -2.62. The molecule has 3 saturated carbocycles. The molecule has 9 heteroatoms. The molecule has 0 aliphatic heterocycles. The summed E-state index contributed by atoms with van der Waals surface area (Å²) in [4.78, 5) is 34.1. The Labute approximate surface area is 223 Å². The summed E-state index contributed by atoms with van der Waals surface area (Å²) in [7, 11) is 0. The highest BCUT2D eigenvalue weighted by atomic mass is 16.6. The number of aliphatic hydroxyl groups is 3. The van der Waals surface area contributed by atoms with Gasteiger partial charge in [0.1, 0.15) is 12.2 Å². The summed E-state index contributed by atoms with van der Waals surface area (Å²) in [5, 5.41) is 39.4. The maximum atomic E-state index is 12.6. The second-order valence-electron chi connectivity index (χ2n) is 12.1. The van der Waals surface area contributed by atoms with Crippen molar-refractivity contribution >= 4 is 17.4 Å². The van der Waals surface area contributed by atoms with Crippen molar-refractivity contribution in [2.45, 2.75) is 77.0 Å². The molecule has 0 bridgehead atoms. The second kappa shape index (κ2) is 10.2. The van der Waals surface area contributed by atoms with Gasteiger partial charge in [-0.1, -0.05) is 24.6 Å². The number of hydrogen-bond donors (Lipinski definition) is 4. The van der Waals surface area contributed by atoms with E-state index in [9.17, 15) is 24.9 Å². The monoisotopic (exact) mass is 525 g/mol. The molecule has 4 N–H and O–H groups in total. The molecular formula is C29H39N3O6. The van der Waals surface area contributed by atoms with Crippen LogP contribution >= 0.6 is 0 Å². The fraction of sp³-hybridized carbons (Fsp3) is 0.655. The van der Waals surface area contributed by atoms with Gasteiger partial charge < -0.3 is 25.5 Å². The smallest absolute Gasteiger partial charge is 0.261 e. The fourth-order valence-electron chi connectivity index (χ4n) is 8.29. The topological polar surface area (TPSA) is 141 Å². The molecule has 3 fully saturated rings. The van der Waals surface area contributed by atoms with Gasteiger partial charge in [0.2, 0.25) is 0 Å². The Balaban J connectivity index is 1.25. The Kier molecular flexibility index (Phi) is 7.22. The zero-order valence-corrected chi connectivity index (χ0v) is 22.2. The first-order valence-corrected chi connectivity index (χ1v) is 13.7. The lowest BCUT2D eigenvalue weighted by Crippen LogP contribution is -2.62. The van der Waals surface area contributed by atoms with E-state index in [1.165, 1.54) is 5.57 Å². The second-order valence-corrected chi connectivity index (χ2v) is 12.1. The number of nitrogens with zero attached hydrogens (tertiary/aromatic N) is 2. The van der Waals surface area contributed by atoms with Gasteiger partial charge in [-0.2, -0.15) is 0 Å². The SMILES string of the molecule is CC12CCC(=NOCC(=O)NCc3ccncc3)C=C1CCC1C2C(O)CC2(C)C1CCC2(O)C(=O)CO. The number of fused-ring (bicyclic) bond motifs is 5. The molecule has 1 heterocycles. The van der Waals surface area contributed by atoms with Crippen LogP contribution in [0.25, 0.3) is 0 Å².